The van der Waals surface area contributed by atoms with Crippen LogP contribution in [0, 0.1) is 0 Å². The Bertz CT molecular complexity index is 1060. The molecule has 1 aliphatic heterocycles. The lowest BCUT2D eigenvalue weighted by Gasteiger charge is -2.23. The Morgan fingerprint density at radius 3 is 2.45 bits per heavy atom. The van der Waals surface area contributed by atoms with Crippen LogP contribution in [0.1, 0.15) is 60.9 Å². The Kier molecular flexibility index (Phi) is 7.45. The molecule has 7 heteroatoms. The molecule has 6 nitrogen and oxygen atoms in total. The van der Waals surface area contributed by atoms with Crippen molar-refractivity contribution in [1.29, 1.82) is 0 Å². The Morgan fingerprint density at radius 1 is 1.00 bits per heavy atom. The second kappa shape index (κ2) is 10.7. The predicted octanol–water partition coefficient (Wildman–Crippen LogP) is 5.18. The highest BCUT2D eigenvalue weighted by atomic mass is 35.5. The highest BCUT2D eigenvalue weighted by molar-refractivity contribution is 6.34. The fourth-order valence-electron chi connectivity index (χ4n) is 4.33. The van der Waals surface area contributed by atoms with Crippen LogP contribution in [0.15, 0.2) is 48.5 Å². The highest BCUT2D eigenvalue weighted by Gasteiger charge is 2.21. The van der Waals surface area contributed by atoms with Gasteiger partial charge in [-0.2, -0.15) is 0 Å². The van der Waals surface area contributed by atoms with E-state index in [-0.39, 0.29) is 23.8 Å². The van der Waals surface area contributed by atoms with Gasteiger partial charge in [-0.3, -0.25) is 14.4 Å². The molecule has 4 rings (SSSR count). The van der Waals surface area contributed by atoms with E-state index in [1.807, 2.05) is 24.3 Å². The van der Waals surface area contributed by atoms with Gasteiger partial charge in [0.05, 0.1) is 10.6 Å². The fourth-order valence-corrected chi connectivity index (χ4v) is 4.53. The number of hydrogen-bond donors (Lipinski definition) is 2. The summed E-state index contributed by atoms with van der Waals surface area (Å²) >= 11 is 6.24. The van der Waals surface area contributed by atoms with Crippen molar-refractivity contribution in [2.24, 2.45) is 0 Å². The van der Waals surface area contributed by atoms with E-state index in [2.05, 4.69) is 10.6 Å². The van der Waals surface area contributed by atoms with Crippen LogP contribution in [0.3, 0.4) is 0 Å². The van der Waals surface area contributed by atoms with E-state index in [9.17, 15) is 14.4 Å². The van der Waals surface area contributed by atoms with Crippen molar-refractivity contribution in [3.63, 3.8) is 0 Å². The number of hydrogen-bond acceptors (Lipinski definition) is 3. The molecule has 1 aliphatic carbocycles. The molecule has 2 N–H and O–H groups in total. The summed E-state index contributed by atoms with van der Waals surface area (Å²) in [6.45, 7) is 0.748. The third-order valence-corrected chi connectivity index (χ3v) is 6.45. The van der Waals surface area contributed by atoms with E-state index in [1.54, 1.807) is 29.2 Å². The average Bonchev–Trinajstić information content (AvgIpc) is 3.25. The number of rotatable bonds is 6. The van der Waals surface area contributed by atoms with Gasteiger partial charge in [0.1, 0.15) is 0 Å². The van der Waals surface area contributed by atoms with E-state index in [0.29, 0.717) is 22.7 Å². The number of carbonyl (C=O) groups excluding carboxylic acids is 3. The summed E-state index contributed by atoms with van der Waals surface area (Å²) in [6.07, 6.45) is 10.1. The first kappa shape index (κ1) is 23.1. The first-order chi connectivity index (χ1) is 16.0. The summed E-state index contributed by atoms with van der Waals surface area (Å²) < 4.78 is 0. The zero-order chi connectivity index (χ0) is 23.2. The standard InChI is InChI=1S/C26H28ClN3O3/c27-23-14-11-20(17-22(23)26(33)29-19-5-2-1-3-6-19)28-24(31)15-10-18-8-12-21(13-9-18)30-16-4-7-25(30)32/h8-15,17,19H,1-7,16H2,(H,28,31)(H,29,33). The highest BCUT2D eigenvalue weighted by Crippen LogP contribution is 2.24. The molecule has 33 heavy (non-hydrogen) atoms. The maximum absolute atomic E-state index is 12.7. The molecule has 0 radical (unpaired) electrons. The third-order valence-electron chi connectivity index (χ3n) is 6.12. The minimum Gasteiger partial charge on any atom is -0.349 e. The molecule has 2 aromatic rings. The molecule has 2 aromatic carbocycles. The summed E-state index contributed by atoms with van der Waals surface area (Å²) in [4.78, 5) is 38.7. The van der Waals surface area contributed by atoms with Gasteiger partial charge in [-0.1, -0.05) is 43.0 Å². The molecule has 0 unspecified atom stereocenters. The molecule has 0 spiro atoms. The molecular weight excluding hydrogens is 438 g/mol. The zero-order valence-electron chi connectivity index (χ0n) is 18.5. The first-order valence-corrected chi connectivity index (χ1v) is 11.9. The minimum atomic E-state index is -0.310. The average molecular weight is 466 g/mol. The molecule has 0 bridgehead atoms. The number of nitrogens with zero attached hydrogens (tertiary/aromatic N) is 1. The third kappa shape index (κ3) is 6.02. The smallest absolute Gasteiger partial charge is 0.253 e. The normalized spacial score (nSPS) is 16.9. The molecule has 2 aliphatic rings. The van der Waals surface area contributed by atoms with Gasteiger partial charge in [0.2, 0.25) is 11.8 Å². The first-order valence-electron chi connectivity index (χ1n) is 11.5. The lowest BCUT2D eigenvalue weighted by Crippen LogP contribution is -2.36. The Labute approximate surface area is 199 Å². The number of halogens is 1. The van der Waals surface area contributed by atoms with Crippen LogP contribution in [-0.2, 0) is 9.59 Å². The van der Waals surface area contributed by atoms with Gasteiger partial charge in [0, 0.05) is 36.5 Å². The summed E-state index contributed by atoms with van der Waals surface area (Å²) in [5.74, 6) is -0.378. The van der Waals surface area contributed by atoms with Gasteiger partial charge in [-0.05, 0) is 61.2 Å². The van der Waals surface area contributed by atoms with E-state index >= 15 is 0 Å². The maximum atomic E-state index is 12.7. The van der Waals surface area contributed by atoms with Gasteiger partial charge >= 0.3 is 0 Å². The zero-order valence-corrected chi connectivity index (χ0v) is 19.2. The summed E-state index contributed by atoms with van der Waals surface area (Å²) in [6, 6.07) is 12.6. The molecule has 1 saturated carbocycles. The lowest BCUT2D eigenvalue weighted by atomic mass is 9.95. The molecule has 2 fully saturated rings. The van der Waals surface area contributed by atoms with Crippen molar-refractivity contribution in [3.05, 3.63) is 64.7 Å². The Hall–Kier alpha value is -3.12. The van der Waals surface area contributed by atoms with Gasteiger partial charge < -0.3 is 15.5 Å². The summed E-state index contributed by atoms with van der Waals surface area (Å²) in [5.41, 5.74) is 2.59. The van der Waals surface area contributed by atoms with Crippen LogP contribution in [0.25, 0.3) is 6.08 Å². The van der Waals surface area contributed by atoms with Crippen molar-refractivity contribution in [1.82, 2.24) is 5.32 Å². The van der Waals surface area contributed by atoms with E-state index in [4.69, 9.17) is 11.6 Å². The number of anilines is 2. The van der Waals surface area contributed by atoms with Crippen LogP contribution in [0.4, 0.5) is 11.4 Å². The quantitative estimate of drug-likeness (QED) is 0.577. The van der Waals surface area contributed by atoms with Crippen molar-refractivity contribution in [2.45, 2.75) is 51.0 Å². The topological polar surface area (TPSA) is 78.5 Å². The van der Waals surface area contributed by atoms with Crippen molar-refractivity contribution < 1.29 is 14.4 Å². The number of nitrogens with one attached hydrogen (secondary N) is 2. The second-order valence-electron chi connectivity index (χ2n) is 8.57. The van der Waals surface area contributed by atoms with Gasteiger partial charge in [-0.25, -0.2) is 0 Å². The Morgan fingerprint density at radius 2 is 1.76 bits per heavy atom. The predicted molar refractivity (Wildman–Crippen MR) is 131 cm³/mol. The number of amides is 3. The SMILES string of the molecule is O=C(C=Cc1ccc(N2CCCC2=O)cc1)Nc1ccc(Cl)c(C(=O)NC2CCCCC2)c1. The molecule has 0 aromatic heterocycles. The van der Waals surface area contributed by atoms with Crippen LogP contribution < -0.4 is 15.5 Å². The van der Waals surface area contributed by atoms with Crippen LogP contribution in [-0.4, -0.2) is 30.3 Å². The molecule has 1 saturated heterocycles. The lowest BCUT2D eigenvalue weighted by molar-refractivity contribution is -0.117. The second-order valence-corrected chi connectivity index (χ2v) is 8.97. The molecule has 0 atom stereocenters. The number of carbonyl (C=O) groups is 3. The summed E-state index contributed by atoms with van der Waals surface area (Å²) in [5, 5.41) is 6.19. The van der Waals surface area contributed by atoms with Gasteiger partial charge in [0.25, 0.3) is 5.91 Å². The molecule has 172 valence electrons. The molecular formula is C26H28ClN3O3. The Balaban J connectivity index is 1.36. The number of benzene rings is 2. The maximum Gasteiger partial charge on any atom is 0.253 e. The van der Waals surface area contributed by atoms with Crippen LogP contribution in [0.2, 0.25) is 5.02 Å². The van der Waals surface area contributed by atoms with E-state index in [1.165, 1.54) is 12.5 Å². The van der Waals surface area contributed by atoms with E-state index in [0.717, 1.165) is 49.9 Å². The largest absolute Gasteiger partial charge is 0.349 e. The fraction of sp³-hybridized carbons (Fsp3) is 0.346. The minimum absolute atomic E-state index is 0.146. The molecule has 3 amide bonds. The van der Waals surface area contributed by atoms with Crippen molar-refractivity contribution in [2.75, 3.05) is 16.8 Å². The van der Waals surface area contributed by atoms with E-state index < -0.39 is 0 Å². The van der Waals surface area contributed by atoms with Crippen molar-refractivity contribution in [3.8, 4) is 0 Å². The summed E-state index contributed by atoms with van der Waals surface area (Å²) in [7, 11) is 0. The van der Waals surface area contributed by atoms with Gasteiger partial charge in [0.15, 0.2) is 0 Å². The molecule has 1 heterocycles. The van der Waals surface area contributed by atoms with Crippen LogP contribution >= 0.6 is 11.6 Å². The monoisotopic (exact) mass is 465 g/mol. The van der Waals surface area contributed by atoms with Gasteiger partial charge in [-0.15, -0.1) is 0 Å². The van der Waals surface area contributed by atoms with Crippen molar-refractivity contribution >= 4 is 46.8 Å². The van der Waals surface area contributed by atoms with Crippen LogP contribution in [0.5, 0.6) is 0 Å².